The molecule has 3 saturated carbocycles. The fraction of sp³-hybridized carbons (Fsp3) is 0.619. The van der Waals surface area contributed by atoms with Crippen molar-refractivity contribution in [1.29, 1.82) is 0 Å². The molecule has 0 saturated heterocycles. The summed E-state index contributed by atoms with van der Waals surface area (Å²) in [7, 11) is 1.87. The molecule has 137 valence electrons. The van der Waals surface area contributed by atoms with Crippen molar-refractivity contribution in [2.45, 2.75) is 68.8 Å². The summed E-state index contributed by atoms with van der Waals surface area (Å²) in [5.41, 5.74) is 8.44. The highest BCUT2D eigenvalue weighted by Crippen LogP contribution is 2.54. The predicted octanol–water partition coefficient (Wildman–Crippen LogP) is 3.24. The highest BCUT2D eigenvalue weighted by Gasteiger charge is 2.49. The number of fused-ring (bicyclic) bond motifs is 3. The summed E-state index contributed by atoms with van der Waals surface area (Å²) < 4.78 is 5.80. The van der Waals surface area contributed by atoms with Crippen molar-refractivity contribution in [2.24, 2.45) is 5.73 Å². The van der Waals surface area contributed by atoms with Gasteiger partial charge in [0.25, 0.3) is 0 Å². The van der Waals surface area contributed by atoms with Crippen molar-refractivity contribution in [2.75, 3.05) is 13.7 Å². The van der Waals surface area contributed by atoms with E-state index < -0.39 is 0 Å². The van der Waals surface area contributed by atoms with Crippen LogP contribution in [0.25, 0.3) is 0 Å². The number of carbonyl (C=O) groups is 1. The highest BCUT2D eigenvalue weighted by atomic mass is 16.5. The van der Waals surface area contributed by atoms with Crippen LogP contribution in [0.4, 0.5) is 0 Å². The average molecular weight is 343 g/mol. The molecule has 0 spiro atoms. The summed E-state index contributed by atoms with van der Waals surface area (Å²) in [5, 5.41) is 2.85. The molecule has 4 rings (SSSR count). The van der Waals surface area contributed by atoms with Crippen LogP contribution >= 0.6 is 0 Å². The monoisotopic (exact) mass is 343 g/mol. The maximum Gasteiger partial charge on any atom is 0.224 e. The lowest BCUT2D eigenvalue weighted by atomic mass is 9.56. The fourth-order valence-corrected chi connectivity index (χ4v) is 4.51. The minimum atomic E-state index is 0.0446. The lowest BCUT2D eigenvalue weighted by Crippen LogP contribution is -2.49. The maximum absolute atomic E-state index is 12.0. The molecule has 3 aliphatic rings. The van der Waals surface area contributed by atoms with Crippen molar-refractivity contribution < 1.29 is 9.53 Å². The second-order valence-electron chi connectivity index (χ2n) is 7.74. The summed E-state index contributed by atoms with van der Waals surface area (Å²) >= 11 is 0. The van der Waals surface area contributed by atoms with Gasteiger partial charge in [-0.3, -0.25) is 4.79 Å². The smallest absolute Gasteiger partial charge is 0.224 e. The first-order valence-corrected chi connectivity index (χ1v) is 9.57. The number of amides is 1. The Balaban J connectivity index is 1.55. The zero-order valence-corrected chi connectivity index (χ0v) is 15.4. The highest BCUT2D eigenvalue weighted by molar-refractivity contribution is 5.79. The van der Waals surface area contributed by atoms with Crippen molar-refractivity contribution in [3.8, 4) is 0 Å². The number of nitrogens with two attached hydrogens (primary N) is 1. The lowest BCUT2D eigenvalue weighted by Gasteiger charge is -2.53. The van der Waals surface area contributed by atoms with Gasteiger partial charge in [-0.1, -0.05) is 24.3 Å². The van der Waals surface area contributed by atoms with Crippen molar-refractivity contribution in [3.05, 3.63) is 41.9 Å². The molecule has 4 nitrogen and oxygen atoms in total. The van der Waals surface area contributed by atoms with Crippen LogP contribution in [0.1, 0.15) is 62.5 Å². The van der Waals surface area contributed by atoms with Gasteiger partial charge in [0.1, 0.15) is 0 Å². The predicted molar refractivity (Wildman–Crippen MR) is 100.0 cm³/mol. The number of nitrogens with one attached hydrogen (secondary N) is 1. The average Bonchev–Trinajstić information content (AvgIpc) is 2.67. The number of carbonyl (C=O) groups excluding carboxylic acids is 1. The number of benzene rings is 1. The number of unbranched alkanes of at least 4 members (excludes halogenated alkanes) is 1. The molecule has 1 aromatic rings. The van der Waals surface area contributed by atoms with Crippen molar-refractivity contribution in [1.82, 2.24) is 5.32 Å². The lowest BCUT2D eigenvalue weighted by molar-refractivity contribution is -0.119. The minimum absolute atomic E-state index is 0.0446. The molecule has 0 heterocycles. The molecule has 3 N–H and O–H groups in total. The Bertz CT molecular complexity index is 558. The van der Waals surface area contributed by atoms with Crippen LogP contribution in [-0.2, 0) is 21.4 Å². The quantitative estimate of drug-likeness (QED) is 0.712. The van der Waals surface area contributed by atoms with E-state index in [-0.39, 0.29) is 11.5 Å². The van der Waals surface area contributed by atoms with Crippen LogP contribution in [0, 0.1) is 6.54 Å². The molecule has 0 aliphatic heterocycles. The number of ether oxygens (including phenoxy) is 1. The molecule has 0 atom stereocenters. The molecule has 2 bridgehead atoms. The first kappa shape index (κ1) is 18.4. The van der Waals surface area contributed by atoms with Crippen LogP contribution in [0.2, 0.25) is 0 Å². The summed E-state index contributed by atoms with van der Waals surface area (Å²) in [6, 6.07) is 8.73. The molecule has 1 aromatic carbocycles. The van der Waals surface area contributed by atoms with Gasteiger partial charge < -0.3 is 15.8 Å². The van der Waals surface area contributed by atoms with Gasteiger partial charge in [-0.05, 0) is 74.5 Å². The van der Waals surface area contributed by atoms with E-state index in [0.717, 1.165) is 18.4 Å². The summed E-state index contributed by atoms with van der Waals surface area (Å²) in [6.45, 7) is 2.47. The van der Waals surface area contributed by atoms with Crippen LogP contribution < -0.4 is 11.1 Å². The second-order valence-corrected chi connectivity index (χ2v) is 7.74. The minimum Gasteiger partial charge on any atom is -0.378 e. The van der Waals surface area contributed by atoms with Gasteiger partial charge in [0, 0.05) is 13.7 Å². The molecule has 0 aromatic heterocycles. The number of methoxy groups -OCH3 is 1. The van der Waals surface area contributed by atoms with Gasteiger partial charge in [0.2, 0.25) is 5.91 Å². The normalized spacial score (nSPS) is 28.1. The van der Waals surface area contributed by atoms with Crippen molar-refractivity contribution >= 4 is 5.91 Å². The molecule has 3 aliphatic carbocycles. The van der Waals surface area contributed by atoms with Gasteiger partial charge in [-0.25, -0.2) is 0 Å². The van der Waals surface area contributed by atoms with Gasteiger partial charge in [-0.2, -0.15) is 0 Å². The van der Waals surface area contributed by atoms with Gasteiger partial charge in [0.05, 0.1) is 12.0 Å². The fourth-order valence-electron chi connectivity index (χ4n) is 4.51. The van der Waals surface area contributed by atoms with E-state index in [4.69, 9.17) is 10.5 Å². The second kappa shape index (κ2) is 7.88. The van der Waals surface area contributed by atoms with E-state index in [9.17, 15) is 4.79 Å². The Hall–Kier alpha value is -1.39. The third kappa shape index (κ3) is 4.06. The maximum atomic E-state index is 12.0. The third-order valence-electron chi connectivity index (χ3n) is 6.36. The van der Waals surface area contributed by atoms with Crippen molar-refractivity contribution in [3.63, 3.8) is 0 Å². The SMILES string of the molecule is COC12CCC(c3ccc(CC(=O)N[CH]CCCN)cc3)(CC1)CC2. The molecule has 1 radical (unpaired) electrons. The Morgan fingerprint density at radius 3 is 2.36 bits per heavy atom. The zero-order valence-electron chi connectivity index (χ0n) is 15.4. The molecule has 4 heteroatoms. The topological polar surface area (TPSA) is 64.3 Å². The van der Waals surface area contributed by atoms with E-state index in [1.807, 2.05) is 13.7 Å². The molecule has 3 fully saturated rings. The van der Waals surface area contributed by atoms with Crippen LogP contribution in [0.3, 0.4) is 0 Å². The van der Waals surface area contributed by atoms with E-state index in [1.54, 1.807) is 0 Å². The van der Waals surface area contributed by atoms with Crippen LogP contribution in [-0.4, -0.2) is 25.2 Å². The Morgan fingerprint density at radius 2 is 1.80 bits per heavy atom. The van der Waals surface area contributed by atoms with Crippen LogP contribution in [0.5, 0.6) is 0 Å². The third-order valence-corrected chi connectivity index (χ3v) is 6.36. The molecular formula is C21H31N2O2. The number of rotatable bonds is 8. The Morgan fingerprint density at radius 1 is 1.16 bits per heavy atom. The molecule has 0 unspecified atom stereocenters. The Labute approximate surface area is 151 Å². The summed E-state index contributed by atoms with van der Waals surface area (Å²) in [4.78, 5) is 12.0. The summed E-state index contributed by atoms with van der Waals surface area (Å²) in [6.07, 6.45) is 9.34. The molecular weight excluding hydrogens is 312 g/mol. The largest absolute Gasteiger partial charge is 0.378 e. The number of hydrogen-bond donors (Lipinski definition) is 2. The van der Waals surface area contributed by atoms with Gasteiger partial charge >= 0.3 is 0 Å². The van der Waals surface area contributed by atoms with Gasteiger partial charge in [0.15, 0.2) is 0 Å². The number of hydrogen-bond acceptors (Lipinski definition) is 3. The van der Waals surface area contributed by atoms with Gasteiger partial charge in [-0.15, -0.1) is 0 Å². The standard InChI is InChI=1S/C21H31N2O2/c1-25-21-11-8-20(9-12-21,10-13-21)18-6-4-17(5-7-18)16-19(24)23-15-3-2-14-22/h4-7,15H,2-3,8-14,16,22H2,1H3,(H,23,24). The zero-order chi connectivity index (χ0) is 17.8. The van der Waals surface area contributed by atoms with E-state index >= 15 is 0 Å². The molecule has 1 amide bonds. The first-order chi connectivity index (χ1) is 12.1. The van der Waals surface area contributed by atoms with E-state index in [2.05, 4.69) is 29.6 Å². The van der Waals surface area contributed by atoms with E-state index in [0.29, 0.717) is 18.4 Å². The molecule has 25 heavy (non-hydrogen) atoms. The Kier molecular flexibility index (Phi) is 5.80. The van der Waals surface area contributed by atoms with Crippen LogP contribution in [0.15, 0.2) is 24.3 Å². The van der Waals surface area contributed by atoms with E-state index in [1.165, 1.54) is 44.1 Å². The summed E-state index contributed by atoms with van der Waals surface area (Å²) in [5.74, 6) is 0.0446. The first-order valence-electron chi connectivity index (χ1n) is 9.57.